The molecule has 0 aliphatic carbocycles. The molecule has 36 heavy (non-hydrogen) atoms. The number of rotatable bonds is 8. The van der Waals surface area contributed by atoms with Crippen LogP contribution >= 0.6 is 0 Å². The molecule has 2 N–H and O–H groups in total. The lowest BCUT2D eigenvalue weighted by Crippen LogP contribution is -2.65. The Hall–Kier alpha value is -3.28. The van der Waals surface area contributed by atoms with Crippen molar-refractivity contribution < 1.29 is 28.2 Å². The molecule has 1 amide bonds. The first kappa shape index (κ1) is 25.8. The van der Waals surface area contributed by atoms with Gasteiger partial charge in [-0.15, -0.1) is 0 Å². The molecule has 1 unspecified atom stereocenters. The highest BCUT2D eigenvalue weighted by molar-refractivity contribution is 5.96. The molecule has 2 aliphatic heterocycles. The largest absolute Gasteiger partial charge is 0.475 e. The molecule has 0 spiro atoms. The average molecular weight is 502 g/mol. The third kappa shape index (κ3) is 5.75. The van der Waals surface area contributed by atoms with Gasteiger partial charge in [-0.3, -0.25) is 19.7 Å². The third-order valence-electron chi connectivity index (χ3n) is 6.19. The van der Waals surface area contributed by atoms with Gasteiger partial charge in [-0.1, -0.05) is 0 Å². The molecule has 1 fully saturated rings. The molecule has 4 rings (SSSR count). The Bertz CT molecular complexity index is 1140. The molecule has 1 atom stereocenters. The zero-order valence-electron chi connectivity index (χ0n) is 20.2. The van der Waals surface area contributed by atoms with E-state index < -0.39 is 17.5 Å². The lowest BCUT2D eigenvalue weighted by atomic mass is 9.90. The molecule has 0 bridgehead atoms. The number of aliphatic imine (C=N–C) groups is 1. The Kier molecular flexibility index (Phi) is 7.72. The van der Waals surface area contributed by atoms with Crippen molar-refractivity contribution >= 4 is 17.7 Å². The van der Waals surface area contributed by atoms with E-state index >= 15 is 0 Å². The van der Waals surface area contributed by atoms with Crippen LogP contribution in [-0.4, -0.2) is 77.3 Å². The predicted octanol–water partition coefficient (Wildman–Crippen LogP) is 2.62. The van der Waals surface area contributed by atoms with Gasteiger partial charge in [-0.2, -0.15) is 0 Å². The second-order valence-electron chi connectivity index (χ2n) is 8.75. The van der Waals surface area contributed by atoms with Crippen LogP contribution in [0.3, 0.4) is 0 Å². The van der Waals surface area contributed by atoms with Gasteiger partial charge in [0.25, 0.3) is 11.8 Å². The van der Waals surface area contributed by atoms with Crippen LogP contribution in [-0.2, 0) is 10.7 Å². The molecule has 4 heterocycles. The van der Waals surface area contributed by atoms with Crippen LogP contribution in [0.4, 0.5) is 8.78 Å². The van der Waals surface area contributed by atoms with Gasteiger partial charge in [0.05, 0.1) is 19.8 Å². The molecule has 192 valence electrons. The minimum atomic E-state index is -3.10. The zero-order chi connectivity index (χ0) is 25.8. The number of hydrogen-bond donors (Lipinski definition) is 2. The number of pyridine rings is 2. The summed E-state index contributed by atoms with van der Waals surface area (Å²) < 4.78 is 38.6. The summed E-state index contributed by atoms with van der Waals surface area (Å²) in [7, 11) is 0. The molecule has 1 saturated heterocycles. The van der Waals surface area contributed by atoms with E-state index in [9.17, 15) is 13.6 Å². The van der Waals surface area contributed by atoms with E-state index in [1.165, 1.54) is 12.3 Å². The number of carbonyl (C=O) groups is 1. The van der Waals surface area contributed by atoms with Crippen molar-refractivity contribution in [1.82, 2.24) is 20.2 Å². The molecular weight excluding hydrogens is 472 g/mol. The number of aliphatic hydroxyl groups excluding tert-OH is 1. The first-order valence-corrected chi connectivity index (χ1v) is 11.7. The summed E-state index contributed by atoms with van der Waals surface area (Å²) in [4.78, 5) is 28.3. The quantitative estimate of drug-likeness (QED) is 0.572. The Labute approximate surface area is 207 Å². The number of aromatic nitrogens is 2. The first-order chi connectivity index (χ1) is 17.2. The van der Waals surface area contributed by atoms with Crippen molar-refractivity contribution in [3.63, 3.8) is 0 Å². The van der Waals surface area contributed by atoms with Gasteiger partial charge < -0.3 is 19.9 Å². The van der Waals surface area contributed by atoms with Crippen LogP contribution < -0.4 is 10.1 Å². The molecule has 2 aromatic heterocycles. The van der Waals surface area contributed by atoms with Crippen LogP contribution in [0.5, 0.6) is 5.88 Å². The lowest BCUT2D eigenvalue weighted by molar-refractivity contribution is -0.00630. The minimum absolute atomic E-state index is 0.102. The van der Waals surface area contributed by atoms with E-state index in [-0.39, 0.29) is 24.5 Å². The molecule has 0 aromatic carbocycles. The number of ether oxygens (including phenoxy) is 2. The van der Waals surface area contributed by atoms with Gasteiger partial charge in [-0.05, 0) is 36.3 Å². The zero-order valence-corrected chi connectivity index (χ0v) is 20.2. The van der Waals surface area contributed by atoms with Crippen molar-refractivity contribution in [1.29, 1.82) is 0 Å². The van der Waals surface area contributed by atoms with Gasteiger partial charge >= 0.3 is 0 Å². The number of carbonyl (C=O) groups excluding carboxylic acids is 1. The van der Waals surface area contributed by atoms with Crippen molar-refractivity contribution in [2.45, 2.75) is 31.9 Å². The highest BCUT2D eigenvalue weighted by Crippen LogP contribution is 2.35. The van der Waals surface area contributed by atoms with Crippen LogP contribution in [0, 0.1) is 0 Å². The second-order valence-corrected chi connectivity index (χ2v) is 8.75. The summed E-state index contributed by atoms with van der Waals surface area (Å²) in [6.45, 7) is 4.75. The number of nitrogens with one attached hydrogen (secondary N) is 1. The fraction of sp³-hybridized carbons (Fsp3) is 0.440. The number of nitrogens with zero attached hydrogens (tertiary/aromatic N) is 4. The van der Waals surface area contributed by atoms with Gasteiger partial charge in [0, 0.05) is 62.4 Å². The highest BCUT2D eigenvalue weighted by atomic mass is 19.3. The van der Waals surface area contributed by atoms with E-state index in [2.05, 4.69) is 25.2 Å². The van der Waals surface area contributed by atoms with E-state index in [0.717, 1.165) is 29.8 Å². The maximum atomic E-state index is 13.9. The van der Waals surface area contributed by atoms with E-state index in [0.29, 0.717) is 38.6 Å². The predicted molar refractivity (Wildman–Crippen MR) is 129 cm³/mol. The van der Waals surface area contributed by atoms with Crippen molar-refractivity contribution in [2.24, 2.45) is 4.99 Å². The van der Waals surface area contributed by atoms with Crippen LogP contribution in [0.15, 0.2) is 47.3 Å². The Morgan fingerprint density at radius 1 is 1.28 bits per heavy atom. The van der Waals surface area contributed by atoms with Crippen molar-refractivity contribution in [3.05, 3.63) is 59.2 Å². The second kappa shape index (κ2) is 10.8. The minimum Gasteiger partial charge on any atom is -0.475 e. The fourth-order valence-corrected chi connectivity index (χ4v) is 4.23. The topological polar surface area (TPSA) is 109 Å². The summed E-state index contributed by atoms with van der Waals surface area (Å²) >= 11 is 0. The van der Waals surface area contributed by atoms with Gasteiger partial charge in [0.1, 0.15) is 18.0 Å². The summed E-state index contributed by atoms with van der Waals surface area (Å²) in [5.74, 6) is -3.29. The van der Waals surface area contributed by atoms with Crippen LogP contribution in [0.1, 0.15) is 41.9 Å². The summed E-state index contributed by atoms with van der Waals surface area (Å²) in [6, 6.07) is 5.86. The number of hydrogen-bond acceptors (Lipinski definition) is 8. The number of halogens is 2. The van der Waals surface area contributed by atoms with Crippen LogP contribution in [0.25, 0.3) is 5.57 Å². The van der Waals surface area contributed by atoms with Crippen molar-refractivity contribution in [3.8, 4) is 5.88 Å². The monoisotopic (exact) mass is 501 g/mol. The molecule has 2 aromatic rings. The Morgan fingerprint density at radius 3 is 2.72 bits per heavy atom. The maximum absolute atomic E-state index is 13.9. The molecule has 11 heteroatoms. The number of amides is 1. The van der Waals surface area contributed by atoms with E-state index in [1.807, 2.05) is 13.0 Å². The number of aliphatic hydroxyl groups is 1. The molecule has 9 nitrogen and oxygen atoms in total. The molecule has 0 saturated carbocycles. The summed E-state index contributed by atoms with van der Waals surface area (Å²) in [5.41, 5.74) is 1.03. The Balaban J connectivity index is 1.64. The SMILES string of the molecule is CC1=C(c2ccc(OCCO)nc2)CC(NC(=O)c2cc(C(C)(F)F)ccn2)(N2CCOCC2)C=N1. The van der Waals surface area contributed by atoms with Crippen molar-refractivity contribution in [2.75, 3.05) is 39.5 Å². The third-order valence-corrected chi connectivity index (χ3v) is 6.19. The highest BCUT2D eigenvalue weighted by Gasteiger charge is 2.41. The maximum Gasteiger partial charge on any atom is 0.271 e. The molecule has 0 radical (unpaired) electrons. The first-order valence-electron chi connectivity index (χ1n) is 11.7. The Morgan fingerprint density at radius 2 is 2.06 bits per heavy atom. The molecule has 2 aliphatic rings. The van der Waals surface area contributed by atoms with Gasteiger partial charge in [0.2, 0.25) is 5.88 Å². The van der Waals surface area contributed by atoms with E-state index in [4.69, 9.17) is 14.6 Å². The lowest BCUT2D eigenvalue weighted by Gasteiger charge is -2.45. The number of allylic oxidation sites excluding steroid dienone is 1. The van der Waals surface area contributed by atoms with Gasteiger partial charge in [-0.25, -0.2) is 13.8 Å². The average Bonchev–Trinajstić information content (AvgIpc) is 2.89. The standard InChI is InChI=1S/C25H29F2N5O4/c1-17-20(18-3-4-22(29-15-18)36-12-9-33)14-25(16-30-17,32-7-10-35-11-8-32)31-23(34)21-13-19(5-6-28-21)24(2,26)27/h3-6,13,15-16,33H,7-12,14H2,1-2H3,(H,31,34). The molecular formula is C25H29F2N5O4. The smallest absolute Gasteiger partial charge is 0.271 e. The summed E-state index contributed by atoms with van der Waals surface area (Å²) in [5, 5.41) is 12.0. The number of alkyl halides is 2. The van der Waals surface area contributed by atoms with E-state index in [1.54, 1.807) is 18.5 Å². The van der Waals surface area contributed by atoms with Crippen LogP contribution in [0.2, 0.25) is 0 Å². The normalized spacial score (nSPS) is 20.9. The van der Waals surface area contributed by atoms with Gasteiger partial charge in [0.15, 0.2) is 0 Å². The summed E-state index contributed by atoms with van der Waals surface area (Å²) in [6.07, 6.45) is 4.93. The fourth-order valence-electron chi connectivity index (χ4n) is 4.23. The number of morpholine rings is 1.